The van der Waals surface area contributed by atoms with Crippen LogP contribution in [0.3, 0.4) is 0 Å². The van der Waals surface area contributed by atoms with E-state index in [-0.39, 0.29) is 5.41 Å². The van der Waals surface area contributed by atoms with Gasteiger partial charge in [0.25, 0.3) is 0 Å². The van der Waals surface area contributed by atoms with Crippen molar-refractivity contribution in [2.24, 2.45) is 11.8 Å². The molecular formula is C48H40N2. The van der Waals surface area contributed by atoms with E-state index in [1.165, 1.54) is 75.3 Å². The highest BCUT2D eigenvalue weighted by molar-refractivity contribution is 5.91. The van der Waals surface area contributed by atoms with Crippen LogP contribution in [-0.4, -0.2) is 0 Å². The largest absolute Gasteiger partial charge is 0.310 e. The standard InChI is InChI=1S/C48H40N2/c1-4-21-40(22-5-1)49(41-23-6-2-7-24-41)44-27-12-17-36-31-38-19-14-20-39-32-37-18-13-28-45(47(37)48(38,39)46(36)44)50(42-25-8-3-9-26-42)43-30-29-34-15-10-11-16-35(34)33-43/h1-13,15-18,21-30,33,38-39H,14,19-20,31-32H2. The minimum atomic E-state index is -0.0816. The van der Waals surface area contributed by atoms with E-state index in [1.807, 2.05) is 0 Å². The molecule has 0 N–H and O–H groups in total. The third kappa shape index (κ3) is 4.41. The van der Waals surface area contributed by atoms with E-state index in [2.05, 4.69) is 180 Å². The topological polar surface area (TPSA) is 6.48 Å². The predicted octanol–water partition coefficient (Wildman–Crippen LogP) is 12.6. The van der Waals surface area contributed by atoms with Gasteiger partial charge in [0.05, 0.1) is 11.4 Å². The molecule has 1 spiro atoms. The first-order chi connectivity index (χ1) is 24.8. The maximum Gasteiger partial charge on any atom is 0.0505 e. The Kier molecular flexibility index (Phi) is 6.91. The van der Waals surface area contributed by atoms with Crippen LogP contribution in [0.15, 0.2) is 170 Å². The Labute approximate surface area is 295 Å². The molecule has 0 heterocycles. The molecule has 0 aromatic heterocycles. The molecule has 1 fully saturated rings. The fourth-order valence-electron chi connectivity index (χ4n) is 10.1. The Bertz CT molecular complexity index is 2280. The summed E-state index contributed by atoms with van der Waals surface area (Å²) in [5.74, 6) is 1.12. The van der Waals surface area contributed by atoms with E-state index in [9.17, 15) is 0 Å². The van der Waals surface area contributed by atoms with Gasteiger partial charge in [-0.1, -0.05) is 116 Å². The Morgan fingerprint density at radius 3 is 1.38 bits per heavy atom. The summed E-state index contributed by atoms with van der Waals surface area (Å²) >= 11 is 0. The van der Waals surface area contributed by atoms with Gasteiger partial charge in [0.1, 0.15) is 0 Å². The summed E-state index contributed by atoms with van der Waals surface area (Å²) in [5.41, 5.74) is 13.5. The monoisotopic (exact) mass is 644 g/mol. The van der Waals surface area contributed by atoms with Gasteiger partial charge in [-0.2, -0.15) is 0 Å². The summed E-state index contributed by atoms with van der Waals surface area (Å²) < 4.78 is 0. The molecular weight excluding hydrogens is 605 g/mol. The number of hydrogen-bond acceptors (Lipinski definition) is 2. The molecule has 3 aliphatic carbocycles. The lowest BCUT2D eigenvalue weighted by atomic mass is 9.59. The van der Waals surface area contributed by atoms with Crippen LogP contribution < -0.4 is 9.80 Å². The molecule has 2 nitrogen and oxygen atoms in total. The average Bonchev–Trinajstić information content (AvgIpc) is 3.71. The van der Waals surface area contributed by atoms with Crippen molar-refractivity contribution < 1.29 is 0 Å². The van der Waals surface area contributed by atoms with Crippen molar-refractivity contribution in [3.05, 3.63) is 192 Å². The fraction of sp³-hybridized carbons (Fsp3) is 0.167. The number of para-hydroxylation sites is 3. The maximum absolute atomic E-state index is 2.56. The number of nitrogens with zero attached hydrogens (tertiary/aromatic N) is 2. The number of rotatable bonds is 6. The predicted molar refractivity (Wildman–Crippen MR) is 209 cm³/mol. The molecule has 50 heavy (non-hydrogen) atoms. The van der Waals surface area contributed by atoms with Crippen LogP contribution in [0.4, 0.5) is 34.1 Å². The molecule has 7 aromatic rings. The molecule has 0 radical (unpaired) electrons. The van der Waals surface area contributed by atoms with E-state index in [0.29, 0.717) is 11.8 Å². The van der Waals surface area contributed by atoms with Gasteiger partial charge < -0.3 is 9.80 Å². The van der Waals surface area contributed by atoms with Crippen molar-refractivity contribution in [2.45, 2.75) is 37.5 Å². The van der Waals surface area contributed by atoms with E-state index in [0.717, 1.165) is 12.8 Å². The second-order valence-electron chi connectivity index (χ2n) is 14.4. The molecule has 2 heteroatoms. The van der Waals surface area contributed by atoms with E-state index in [4.69, 9.17) is 0 Å². The van der Waals surface area contributed by atoms with Crippen LogP contribution in [0.1, 0.15) is 41.5 Å². The van der Waals surface area contributed by atoms with Crippen LogP contribution in [0.25, 0.3) is 10.8 Å². The molecule has 7 aromatic carbocycles. The highest BCUT2D eigenvalue weighted by Crippen LogP contribution is 2.67. The van der Waals surface area contributed by atoms with Gasteiger partial charge in [-0.3, -0.25) is 0 Å². The maximum atomic E-state index is 2.56. The van der Waals surface area contributed by atoms with Gasteiger partial charge in [0.15, 0.2) is 0 Å². The van der Waals surface area contributed by atoms with Gasteiger partial charge in [0, 0.05) is 28.2 Å². The van der Waals surface area contributed by atoms with Crippen molar-refractivity contribution in [3.63, 3.8) is 0 Å². The minimum absolute atomic E-state index is 0.0816. The van der Waals surface area contributed by atoms with Gasteiger partial charge in [0.2, 0.25) is 0 Å². The van der Waals surface area contributed by atoms with Crippen molar-refractivity contribution in [1.82, 2.24) is 0 Å². The Morgan fingerprint density at radius 2 is 0.860 bits per heavy atom. The van der Waals surface area contributed by atoms with Gasteiger partial charge in [-0.05, 0) is 131 Å². The summed E-state index contributed by atoms with van der Waals surface area (Å²) in [5, 5.41) is 2.53. The van der Waals surface area contributed by atoms with Crippen LogP contribution in [-0.2, 0) is 18.3 Å². The summed E-state index contributed by atoms with van der Waals surface area (Å²) in [6.07, 6.45) is 6.08. The molecule has 242 valence electrons. The van der Waals surface area contributed by atoms with Gasteiger partial charge in [-0.25, -0.2) is 0 Å². The quantitative estimate of drug-likeness (QED) is 0.178. The normalized spacial score (nSPS) is 20.1. The number of fused-ring (bicyclic) bond motifs is 3. The molecule has 0 bridgehead atoms. The summed E-state index contributed by atoms with van der Waals surface area (Å²) in [6, 6.07) is 63.1. The summed E-state index contributed by atoms with van der Waals surface area (Å²) in [4.78, 5) is 5.08. The van der Waals surface area contributed by atoms with Crippen LogP contribution in [0.5, 0.6) is 0 Å². The minimum Gasteiger partial charge on any atom is -0.310 e. The number of hydrogen-bond donors (Lipinski definition) is 0. The molecule has 3 aliphatic rings. The van der Waals surface area contributed by atoms with Gasteiger partial charge >= 0.3 is 0 Å². The highest BCUT2D eigenvalue weighted by atomic mass is 15.2. The lowest BCUT2D eigenvalue weighted by Gasteiger charge is -2.46. The molecule has 0 amide bonds. The lowest BCUT2D eigenvalue weighted by Crippen LogP contribution is -2.42. The lowest BCUT2D eigenvalue weighted by molar-refractivity contribution is 0.177. The van der Waals surface area contributed by atoms with Crippen molar-refractivity contribution in [2.75, 3.05) is 9.80 Å². The molecule has 3 atom stereocenters. The zero-order chi connectivity index (χ0) is 33.1. The molecule has 1 saturated carbocycles. The Balaban J connectivity index is 1.26. The third-order valence-corrected chi connectivity index (χ3v) is 11.9. The first-order valence-electron chi connectivity index (χ1n) is 18.3. The van der Waals surface area contributed by atoms with Crippen LogP contribution in [0, 0.1) is 11.8 Å². The molecule has 10 rings (SSSR count). The van der Waals surface area contributed by atoms with Gasteiger partial charge in [-0.15, -0.1) is 0 Å². The zero-order valence-corrected chi connectivity index (χ0v) is 28.3. The van der Waals surface area contributed by atoms with Crippen molar-refractivity contribution in [3.8, 4) is 0 Å². The SMILES string of the molecule is c1ccc(N(c2ccccc2)c2cccc3c2C24c5c(cccc5N(c5ccccc5)c5ccc6ccccc6c5)CC2CCCC4C3)cc1. The van der Waals surface area contributed by atoms with E-state index >= 15 is 0 Å². The summed E-state index contributed by atoms with van der Waals surface area (Å²) in [6.45, 7) is 0. The zero-order valence-electron chi connectivity index (χ0n) is 28.3. The molecule has 0 aliphatic heterocycles. The Morgan fingerprint density at radius 1 is 0.400 bits per heavy atom. The van der Waals surface area contributed by atoms with Crippen LogP contribution in [0.2, 0.25) is 0 Å². The second-order valence-corrected chi connectivity index (χ2v) is 14.4. The summed E-state index contributed by atoms with van der Waals surface area (Å²) in [7, 11) is 0. The first-order valence-corrected chi connectivity index (χ1v) is 18.3. The molecule has 0 saturated heterocycles. The average molecular weight is 645 g/mol. The van der Waals surface area contributed by atoms with Crippen molar-refractivity contribution >= 4 is 44.9 Å². The van der Waals surface area contributed by atoms with E-state index in [1.54, 1.807) is 11.1 Å². The number of benzene rings is 7. The number of anilines is 6. The smallest absolute Gasteiger partial charge is 0.0505 e. The highest BCUT2D eigenvalue weighted by Gasteiger charge is 2.60. The first kappa shape index (κ1) is 29.3. The van der Waals surface area contributed by atoms with Crippen molar-refractivity contribution in [1.29, 1.82) is 0 Å². The van der Waals surface area contributed by atoms with E-state index < -0.39 is 0 Å². The fourth-order valence-corrected chi connectivity index (χ4v) is 10.1. The Hall–Kier alpha value is -5.60. The van der Waals surface area contributed by atoms with Crippen LogP contribution >= 0.6 is 0 Å². The third-order valence-electron chi connectivity index (χ3n) is 11.9. The molecule has 3 unspecified atom stereocenters. The second kappa shape index (κ2) is 11.8.